The van der Waals surface area contributed by atoms with E-state index >= 15 is 0 Å². The molecule has 1 aliphatic carbocycles. The van der Waals surface area contributed by atoms with E-state index in [-0.39, 0.29) is 5.41 Å². The number of halogens is 1. The second-order valence-corrected chi connectivity index (χ2v) is 6.27. The van der Waals surface area contributed by atoms with Crippen LogP contribution in [0.4, 0.5) is 0 Å². The second kappa shape index (κ2) is 5.48. The van der Waals surface area contributed by atoms with Crippen LogP contribution in [0.25, 0.3) is 0 Å². The van der Waals surface area contributed by atoms with Crippen molar-refractivity contribution in [2.45, 2.75) is 51.4 Å². The van der Waals surface area contributed by atoms with Gasteiger partial charge in [0.1, 0.15) is 0 Å². The zero-order chi connectivity index (χ0) is 13.2. The maximum atomic E-state index is 6.02. The van der Waals surface area contributed by atoms with Gasteiger partial charge in [0.15, 0.2) is 0 Å². The molecule has 1 aliphatic rings. The third-order valence-electron chi connectivity index (χ3n) is 4.42. The van der Waals surface area contributed by atoms with Crippen LogP contribution in [0.3, 0.4) is 0 Å². The van der Waals surface area contributed by atoms with Crippen LogP contribution < -0.4 is 0 Å². The van der Waals surface area contributed by atoms with Gasteiger partial charge in [0.2, 0.25) is 0 Å². The minimum Gasteiger partial charge on any atom is -0.0987 e. The minimum absolute atomic E-state index is 0.191. The molecule has 18 heavy (non-hydrogen) atoms. The van der Waals surface area contributed by atoms with Gasteiger partial charge in [0.05, 0.1) is 0 Å². The Morgan fingerprint density at radius 2 is 1.67 bits per heavy atom. The number of benzene rings is 1. The van der Waals surface area contributed by atoms with Crippen LogP contribution in [-0.4, -0.2) is 0 Å². The van der Waals surface area contributed by atoms with Crippen molar-refractivity contribution in [3.63, 3.8) is 0 Å². The number of hydrogen-bond donors (Lipinski definition) is 0. The Kier molecular flexibility index (Phi) is 4.17. The smallest absolute Gasteiger partial charge is 0.0406 e. The normalized spacial score (nSPS) is 18.9. The van der Waals surface area contributed by atoms with Gasteiger partial charge in [-0.3, -0.25) is 0 Å². The molecule has 0 atom stereocenters. The second-order valence-electron chi connectivity index (χ2n) is 5.83. The van der Waals surface area contributed by atoms with Crippen LogP contribution in [0.2, 0.25) is 5.02 Å². The summed E-state index contributed by atoms with van der Waals surface area (Å²) in [6.07, 6.45) is 6.47. The fourth-order valence-corrected chi connectivity index (χ4v) is 3.40. The van der Waals surface area contributed by atoms with Gasteiger partial charge in [-0.2, -0.15) is 0 Å². The molecule has 0 bridgehead atoms. The zero-order valence-corrected chi connectivity index (χ0v) is 12.3. The average molecular weight is 263 g/mol. The van der Waals surface area contributed by atoms with Gasteiger partial charge in [0, 0.05) is 10.4 Å². The predicted octanol–water partition coefficient (Wildman–Crippen LogP) is 5.75. The van der Waals surface area contributed by atoms with E-state index in [4.69, 9.17) is 11.6 Å². The first-order chi connectivity index (χ1) is 8.56. The monoisotopic (exact) mass is 262 g/mol. The van der Waals surface area contributed by atoms with Gasteiger partial charge in [0.25, 0.3) is 0 Å². The van der Waals surface area contributed by atoms with E-state index in [1.807, 2.05) is 12.1 Å². The van der Waals surface area contributed by atoms with E-state index in [1.165, 1.54) is 43.2 Å². The molecular weight excluding hydrogens is 240 g/mol. The Labute approximate surface area is 116 Å². The standard InChI is InChI=1S/C17H23Cl/c1-13(2)14(3)17(11-5-4-6-12-17)15-7-9-16(18)10-8-15/h7-10,13H,3-6,11-12H2,1-2H3. The molecule has 1 saturated carbocycles. The fraction of sp³-hybridized carbons (Fsp3) is 0.529. The summed E-state index contributed by atoms with van der Waals surface area (Å²) in [6.45, 7) is 8.93. The summed E-state index contributed by atoms with van der Waals surface area (Å²) in [7, 11) is 0. The number of rotatable bonds is 3. The highest BCUT2D eigenvalue weighted by Gasteiger charge is 2.37. The maximum Gasteiger partial charge on any atom is 0.0406 e. The SMILES string of the molecule is C=C(C(C)C)C1(c2ccc(Cl)cc2)CCCCC1. The van der Waals surface area contributed by atoms with E-state index in [0.29, 0.717) is 5.92 Å². The number of hydrogen-bond acceptors (Lipinski definition) is 0. The van der Waals surface area contributed by atoms with Crippen LogP contribution in [0.1, 0.15) is 51.5 Å². The summed E-state index contributed by atoms with van der Waals surface area (Å²) in [6, 6.07) is 8.42. The summed E-state index contributed by atoms with van der Waals surface area (Å²) >= 11 is 6.02. The van der Waals surface area contributed by atoms with Crippen LogP contribution in [-0.2, 0) is 5.41 Å². The summed E-state index contributed by atoms with van der Waals surface area (Å²) in [5, 5.41) is 0.819. The van der Waals surface area contributed by atoms with Gasteiger partial charge in [-0.15, -0.1) is 0 Å². The summed E-state index contributed by atoms with van der Waals surface area (Å²) < 4.78 is 0. The first-order valence-corrected chi connectivity index (χ1v) is 7.39. The summed E-state index contributed by atoms with van der Waals surface area (Å²) in [5.74, 6) is 0.541. The zero-order valence-electron chi connectivity index (χ0n) is 11.5. The lowest BCUT2D eigenvalue weighted by atomic mass is 9.63. The Balaban J connectivity index is 2.41. The molecule has 0 nitrogen and oxygen atoms in total. The third-order valence-corrected chi connectivity index (χ3v) is 4.67. The fourth-order valence-electron chi connectivity index (χ4n) is 3.27. The lowest BCUT2D eigenvalue weighted by Gasteiger charge is -2.41. The van der Waals surface area contributed by atoms with E-state index in [2.05, 4.69) is 32.6 Å². The van der Waals surface area contributed by atoms with Crippen LogP contribution in [0, 0.1) is 5.92 Å². The number of allylic oxidation sites excluding steroid dienone is 1. The third kappa shape index (κ3) is 2.49. The molecule has 0 N–H and O–H groups in total. The van der Waals surface area contributed by atoms with Crippen molar-refractivity contribution in [3.8, 4) is 0 Å². The summed E-state index contributed by atoms with van der Waals surface area (Å²) in [4.78, 5) is 0. The van der Waals surface area contributed by atoms with E-state index in [0.717, 1.165) is 5.02 Å². The van der Waals surface area contributed by atoms with Gasteiger partial charge < -0.3 is 0 Å². The Morgan fingerprint density at radius 1 is 1.11 bits per heavy atom. The van der Waals surface area contributed by atoms with E-state index in [9.17, 15) is 0 Å². The Bertz CT molecular complexity index is 408. The molecule has 0 aromatic heterocycles. The molecule has 1 fully saturated rings. The average Bonchev–Trinajstić information content (AvgIpc) is 2.39. The van der Waals surface area contributed by atoms with Crippen molar-refractivity contribution in [2.24, 2.45) is 5.92 Å². The predicted molar refractivity (Wildman–Crippen MR) is 80.2 cm³/mol. The summed E-state index contributed by atoms with van der Waals surface area (Å²) in [5.41, 5.74) is 2.99. The van der Waals surface area contributed by atoms with E-state index in [1.54, 1.807) is 0 Å². The topological polar surface area (TPSA) is 0 Å². The largest absolute Gasteiger partial charge is 0.0987 e. The van der Waals surface area contributed by atoms with Crippen molar-refractivity contribution in [3.05, 3.63) is 47.0 Å². The van der Waals surface area contributed by atoms with Crippen LogP contribution in [0.15, 0.2) is 36.4 Å². The molecule has 1 aromatic carbocycles. The van der Waals surface area contributed by atoms with Crippen molar-refractivity contribution in [1.29, 1.82) is 0 Å². The molecule has 0 radical (unpaired) electrons. The van der Waals surface area contributed by atoms with Crippen molar-refractivity contribution in [1.82, 2.24) is 0 Å². The van der Waals surface area contributed by atoms with Gasteiger partial charge in [-0.25, -0.2) is 0 Å². The van der Waals surface area contributed by atoms with E-state index < -0.39 is 0 Å². The highest BCUT2D eigenvalue weighted by Crippen LogP contribution is 2.46. The maximum absolute atomic E-state index is 6.02. The molecular formula is C17H23Cl. The Morgan fingerprint density at radius 3 is 2.17 bits per heavy atom. The molecule has 98 valence electrons. The molecule has 0 aliphatic heterocycles. The molecule has 2 rings (SSSR count). The van der Waals surface area contributed by atoms with Crippen molar-refractivity contribution >= 4 is 11.6 Å². The van der Waals surface area contributed by atoms with Gasteiger partial charge in [-0.1, -0.05) is 69.0 Å². The molecule has 0 spiro atoms. The highest BCUT2D eigenvalue weighted by molar-refractivity contribution is 6.30. The Hall–Kier alpha value is -0.750. The first kappa shape index (κ1) is 13.7. The van der Waals surface area contributed by atoms with Crippen molar-refractivity contribution in [2.75, 3.05) is 0 Å². The van der Waals surface area contributed by atoms with Crippen LogP contribution in [0.5, 0.6) is 0 Å². The lowest BCUT2D eigenvalue weighted by Crippen LogP contribution is -2.33. The molecule has 0 unspecified atom stereocenters. The minimum atomic E-state index is 0.191. The first-order valence-electron chi connectivity index (χ1n) is 7.01. The highest BCUT2D eigenvalue weighted by atomic mass is 35.5. The lowest BCUT2D eigenvalue weighted by molar-refractivity contribution is 0.321. The molecule has 0 amide bonds. The molecule has 0 heterocycles. The molecule has 1 aromatic rings. The molecule has 1 heteroatoms. The van der Waals surface area contributed by atoms with Crippen LogP contribution >= 0.6 is 11.6 Å². The van der Waals surface area contributed by atoms with Gasteiger partial charge >= 0.3 is 0 Å². The molecule has 0 saturated heterocycles. The quantitative estimate of drug-likeness (QED) is 0.608. The van der Waals surface area contributed by atoms with Crippen molar-refractivity contribution < 1.29 is 0 Å². The van der Waals surface area contributed by atoms with Gasteiger partial charge in [-0.05, 0) is 36.5 Å².